The average Bonchev–Trinajstić information content (AvgIpc) is 2.45. The van der Waals surface area contributed by atoms with Crippen LogP contribution in [0.15, 0.2) is 24.3 Å². The number of nitriles is 1. The maximum atomic E-state index is 12.0. The standard InChI is InChI=1S/C16H22N2O2/c1-3-8-16(20,9-4-2)12-18-15(19)14-7-5-6-13(10-14)11-17/h5-7,10,20H,3-4,8-9,12H2,1-2H3,(H,18,19). The van der Waals surface area contributed by atoms with Crippen LogP contribution in [0, 0.1) is 11.3 Å². The zero-order valence-electron chi connectivity index (χ0n) is 12.1. The summed E-state index contributed by atoms with van der Waals surface area (Å²) in [7, 11) is 0. The van der Waals surface area contributed by atoms with Crippen LogP contribution in [-0.4, -0.2) is 23.2 Å². The maximum absolute atomic E-state index is 12.0. The van der Waals surface area contributed by atoms with Crippen LogP contribution in [0.4, 0.5) is 0 Å². The fourth-order valence-corrected chi connectivity index (χ4v) is 2.31. The summed E-state index contributed by atoms with van der Waals surface area (Å²) in [5, 5.41) is 22.0. The Morgan fingerprint density at radius 3 is 2.55 bits per heavy atom. The first-order valence-electron chi connectivity index (χ1n) is 7.05. The van der Waals surface area contributed by atoms with E-state index in [9.17, 15) is 9.90 Å². The van der Waals surface area contributed by atoms with Gasteiger partial charge >= 0.3 is 0 Å². The minimum Gasteiger partial charge on any atom is -0.388 e. The number of amides is 1. The third-order valence-corrected chi connectivity index (χ3v) is 3.26. The summed E-state index contributed by atoms with van der Waals surface area (Å²) in [5.74, 6) is -0.257. The van der Waals surface area contributed by atoms with Crippen molar-refractivity contribution >= 4 is 5.91 Å². The number of aliphatic hydroxyl groups is 1. The molecular formula is C16H22N2O2. The lowest BCUT2D eigenvalue weighted by atomic mass is 9.92. The van der Waals surface area contributed by atoms with Crippen LogP contribution in [0.3, 0.4) is 0 Å². The van der Waals surface area contributed by atoms with Gasteiger partial charge in [0.1, 0.15) is 0 Å². The van der Waals surface area contributed by atoms with Gasteiger partial charge < -0.3 is 10.4 Å². The molecule has 20 heavy (non-hydrogen) atoms. The third-order valence-electron chi connectivity index (χ3n) is 3.26. The molecule has 0 aliphatic carbocycles. The van der Waals surface area contributed by atoms with Crippen LogP contribution < -0.4 is 5.32 Å². The van der Waals surface area contributed by atoms with Gasteiger partial charge in [0.05, 0.1) is 17.2 Å². The van der Waals surface area contributed by atoms with Crippen molar-refractivity contribution in [2.75, 3.05) is 6.54 Å². The van der Waals surface area contributed by atoms with E-state index in [2.05, 4.69) is 5.32 Å². The van der Waals surface area contributed by atoms with E-state index >= 15 is 0 Å². The summed E-state index contributed by atoms with van der Waals surface area (Å²) in [5.41, 5.74) is 0.0563. The smallest absolute Gasteiger partial charge is 0.251 e. The van der Waals surface area contributed by atoms with Crippen molar-refractivity contribution in [1.82, 2.24) is 5.32 Å². The number of nitrogens with zero attached hydrogens (tertiary/aromatic N) is 1. The van der Waals surface area contributed by atoms with Crippen LogP contribution in [0.5, 0.6) is 0 Å². The van der Waals surface area contributed by atoms with Gasteiger partial charge in [-0.1, -0.05) is 32.8 Å². The van der Waals surface area contributed by atoms with Crippen LogP contribution in [0.1, 0.15) is 55.5 Å². The molecule has 1 aromatic rings. The van der Waals surface area contributed by atoms with E-state index in [4.69, 9.17) is 5.26 Å². The molecular weight excluding hydrogens is 252 g/mol. The summed E-state index contributed by atoms with van der Waals surface area (Å²) in [4.78, 5) is 12.0. The predicted octanol–water partition coefficient (Wildman–Crippen LogP) is 2.62. The third kappa shape index (κ3) is 4.67. The highest BCUT2D eigenvalue weighted by atomic mass is 16.3. The molecule has 0 aliphatic heterocycles. The van der Waals surface area contributed by atoms with Crippen molar-refractivity contribution in [1.29, 1.82) is 5.26 Å². The van der Waals surface area contributed by atoms with Gasteiger partial charge in [-0.15, -0.1) is 0 Å². The van der Waals surface area contributed by atoms with E-state index in [0.29, 0.717) is 24.0 Å². The second kappa shape index (κ2) is 7.66. The maximum Gasteiger partial charge on any atom is 0.251 e. The summed E-state index contributed by atoms with van der Waals surface area (Å²) in [6.07, 6.45) is 3.07. The number of benzene rings is 1. The van der Waals surface area contributed by atoms with E-state index in [0.717, 1.165) is 12.8 Å². The molecule has 0 heterocycles. The summed E-state index contributed by atoms with van der Waals surface area (Å²) in [6, 6.07) is 8.55. The minimum atomic E-state index is -0.841. The van der Waals surface area contributed by atoms with Crippen LogP contribution in [-0.2, 0) is 0 Å². The lowest BCUT2D eigenvalue weighted by Crippen LogP contribution is -2.42. The Morgan fingerprint density at radius 1 is 1.35 bits per heavy atom. The van der Waals surface area contributed by atoms with Crippen molar-refractivity contribution in [2.45, 2.75) is 45.1 Å². The number of hydrogen-bond donors (Lipinski definition) is 2. The lowest BCUT2D eigenvalue weighted by Gasteiger charge is -2.27. The normalized spacial score (nSPS) is 10.9. The Balaban J connectivity index is 2.68. The van der Waals surface area contributed by atoms with Crippen LogP contribution >= 0.6 is 0 Å². The Labute approximate surface area is 120 Å². The second-order valence-corrected chi connectivity index (χ2v) is 5.10. The molecule has 1 aromatic carbocycles. The minimum absolute atomic E-state index is 0.240. The zero-order chi connectivity index (χ0) is 15.0. The molecule has 4 nitrogen and oxygen atoms in total. The van der Waals surface area contributed by atoms with E-state index < -0.39 is 5.60 Å². The molecule has 0 fully saturated rings. The molecule has 0 saturated heterocycles. The van der Waals surface area contributed by atoms with Crippen LogP contribution in [0.2, 0.25) is 0 Å². The molecule has 0 saturated carbocycles. The van der Waals surface area contributed by atoms with Crippen molar-refractivity contribution in [2.24, 2.45) is 0 Å². The van der Waals surface area contributed by atoms with Gasteiger partial charge in [-0.2, -0.15) is 5.26 Å². The van der Waals surface area contributed by atoms with Gasteiger partial charge in [0.25, 0.3) is 5.91 Å². The topological polar surface area (TPSA) is 73.1 Å². The number of carbonyl (C=O) groups excluding carboxylic acids is 1. The van der Waals surface area contributed by atoms with Gasteiger partial charge in [0.2, 0.25) is 0 Å². The van der Waals surface area contributed by atoms with Crippen molar-refractivity contribution in [3.63, 3.8) is 0 Å². The molecule has 0 spiro atoms. The number of nitrogens with one attached hydrogen (secondary N) is 1. The van der Waals surface area contributed by atoms with E-state index in [1.165, 1.54) is 0 Å². The van der Waals surface area contributed by atoms with Crippen molar-refractivity contribution < 1.29 is 9.90 Å². The van der Waals surface area contributed by atoms with Crippen molar-refractivity contribution in [3.8, 4) is 6.07 Å². The summed E-state index contributed by atoms with van der Waals surface area (Å²) in [6.45, 7) is 4.27. The van der Waals surface area contributed by atoms with E-state index in [1.807, 2.05) is 19.9 Å². The molecule has 0 radical (unpaired) electrons. The highest BCUT2D eigenvalue weighted by Gasteiger charge is 2.25. The fraction of sp³-hybridized carbons (Fsp3) is 0.500. The van der Waals surface area contributed by atoms with Crippen LogP contribution in [0.25, 0.3) is 0 Å². The largest absolute Gasteiger partial charge is 0.388 e. The summed E-state index contributed by atoms with van der Waals surface area (Å²) >= 11 is 0. The number of hydrogen-bond acceptors (Lipinski definition) is 3. The molecule has 0 atom stereocenters. The van der Waals surface area contributed by atoms with Gasteiger partial charge in [-0.25, -0.2) is 0 Å². The molecule has 0 aromatic heterocycles. The number of rotatable bonds is 7. The Morgan fingerprint density at radius 2 is 2.00 bits per heavy atom. The van der Waals surface area contributed by atoms with Gasteiger partial charge in [0, 0.05) is 12.1 Å². The molecule has 4 heteroatoms. The molecule has 108 valence electrons. The molecule has 2 N–H and O–H groups in total. The Kier molecular flexibility index (Phi) is 6.20. The Hall–Kier alpha value is -1.86. The average molecular weight is 274 g/mol. The lowest BCUT2D eigenvalue weighted by molar-refractivity contribution is 0.0213. The predicted molar refractivity (Wildman–Crippen MR) is 78.3 cm³/mol. The first kappa shape index (κ1) is 16.2. The second-order valence-electron chi connectivity index (χ2n) is 5.10. The SMILES string of the molecule is CCCC(O)(CCC)CNC(=O)c1cccc(C#N)c1. The highest BCUT2D eigenvalue weighted by Crippen LogP contribution is 2.18. The molecule has 1 amide bonds. The van der Waals surface area contributed by atoms with E-state index in [-0.39, 0.29) is 12.5 Å². The Bertz CT molecular complexity index is 485. The van der Waals surface area contributed by atoms with Crippen molar-refractivity contribution in [3.05, 3.63) is 35.4 Å². The van der Waals surface area contributed by atoms with E-state index in [1.54, 1.807) is 24.3 Å². The quantitative estimate of drug-likeness (QED) is 0.802. The first-order valence-corrected chi connectivity index (χ1v) is 7.05. The molecule has 1 rings (SSSR count). The monoisotopic (exact) mass is 274 g/mol. The fourth-order valence-electron chi connectivity index (χ4n) is 2.31. The number of carbonyl (C=O) groups is 1. The first-order chi connectivity index (χ1) is 9.54. The van der Waals surface area contributed by atoms with Gasteiger partial charge in [-0.3, -0.25) is 4.79 Å². The molecule has 0 unspecified atom stereocenters. The molecule has 0 aliphatic rings. The zero-order valence-corrected chi connectivity index (χ0v) is 12.1. The van der Waals surface area contributed by atoms with Gasteiger partial charge in [0.15, 0.2) is 0 Å². The van der Waals surface area contributed by atoms with Gasteiger partial charge in [-0.05, 0) is 31.0 Å². The molecule has 0 bridgehead atoms. The highest BCUT2D eigenvalue weighted by molar-refractivity contribution is 5.94. The summed E-state index contributed by atoms with van der Waals surface area (Å²) < 4.78 is 0.